The van der Waals surface area contributed by atoms with Crippen LogP contribution in [0.3, 0.4) is 0 Å². The van der Waals surface area contributed by atoms with E-state index < -0.39 is 0 Å². The normalized spacial score (nSPS) is 18.7. The number of nitrogens with one attached hydrogen (secondary N) is 2. The van der Waals surface area contributed by atoms with E-state index in [0.717, 1.165) is 86.1 Å². The van der Waals surface area contributed by atoms with Gasteiger partial charge in [-0.2, -0.15) is 5.10 Å². The molecule has 3 aromatic rings. The number of pyridine rings is 1. The number of fused-ring (bicyclic) bond motifs is 1. The number of carbonyl (C=O) groups excluding carboxylic acids is 1. The number of aromatic amines is 1. The number of aromatic nitrogens is 3. The molecule has 2 aliphatic heterocycles. The summed E-state index contributed by atoms with van der Waals surface area (Å²) in [6.07, 6.45) is 14.3. The Bertz CT molecular complexity index is 1460. The van der Waals surface area contributed by atoms with Crippen molar-refractivity contribution < 1.29 is 9.90 Å². The Morgan fingerprint density at radius 1 is 1.10 bits per heavy atom. The highest BCUT2D eigenvalue weighted by Gasteiger charge is 2.22. The molecule has 0 saturated carbocycles. The first-order chi connectivity index (χ1) is 19.1. The molecule has 0 unspecified atom stereocenters. The van der Waals surface area contributed by atoms with Gasteiger partial charge in [-0.05, 0) is 92.2 Å². The van der Waals surface area contributed by atoms with Crippen molar-refractivity contribution in [2.24, 2.45) is 0 Å². The zero-order valence-electron chi connectivity index (χ0n) is 22.5. The molecule has 0 radical (unpaired) electrons. The lowest BCUT2D eigenvalue weighted by atomic mass is 10.0. The van der Waals surface area contributed by atoms with Gasteiger partial charge in [0.15, 0.2) is 5.69 Å². The average molecular weight is 525 g/mol. The van der Waals surface area contributed by atoms with Gasteiger partial charge in [0.1, 0.15) is 0 Å². The Morgan fingerprint density at radius 3 is 2.72 bits per heavy atom. The van der Waals surface area contributed by atoms with Crippen LogP contribution in [0.2, 0.25) is 0 Å². The van der Waals surface area contributed by atoms with E-state index in [1.165, 1.54) is 23.3 Å². The second-order valence-corrected chi connectivity index (χ2v) is 10.8. The molecule has 2 saturated heterocycles. The van der Waals surface area contributed by atoms with E-state index in [0.29, 0.717) is 5.69 Å². The highest BCUT2D eigenvalue weighted by atomic mass is 16.3. The maximum atomic E-state index is 13.4. The Labute approximate surface area is 229 Å². The molecule has 1 aliphatic carbocycles. The molecule has 0 atom stereocenters. The first kappa shape index (κ1) is 25.5. The van der Waals surface area contributed by atoms with E-state index in [-0.39, 0.29) is 12.0 Å². The largest absolute Gasteiger partial charge is 0.393 e. The Kier molecular flexibility index (Phi) is 7.30. The lowest BCUT2D eigenvalue weighted by molar-refractivity contribution is 0.0961. The van der Waals surface area contributed by atoms with E-state index in [1.54, 1.807) is 0 Å². The van der Waals surface area contributed by atoms with Crippen LogP contribution in [0, 0.1) is 0 Å². The van der Waals surface area contributed by atoms with Crippen LogP contribution in [-0.2, 0) is 6.54 Å². The highest BCUT2D eigenvalue weighted by molar-refractivity contribution is 6.06. The molecule has 8 nitrogen and oxygen atoms in total. The molecule has 1 aromatic carbocycles. The Balaban J connectivity index is 1.19. The van der Waals surface area contributed by atoms with Gasteiger partial charge < -0.3 is 15.3 Å². The number of hydrogen-bond acceptors (Lipinski definition) is 6. The summed E-state index contributed by atoms with van der Waals surface area (Å²) in [5, 5.41) is 21.2. The predicted molar refractivity (Wildman–Crippen MR) is 153 cm³/mol. The molecular weight excluding hydrogens is 488 g/mol. The number of hydrogen-bond donors (Lipinski definition) is 3. The second-order valence-electron chi connectivity index (χ2n) is 10.8. The van der Waals surface area contributed by atoms with Crippen LogP contribution in [0.1, 0.15) is 55.1 Å². The maximum Gasteiger partial charge on any atom is 0.276 e. The SMILES string of the molecule is CCC1=C(N2CCC(O)CC2)C=CC(NC(=O)c2n[nH]c3ccc(-c4cncc(CN5CCC5)c4)cc23)=CC1. The number of rotatable bonds is 7. The topological polar surface area (TPSA) is 97.4 Å². The van der Waals surface area contributed by atoms with Crippen LogP contribution < -0.4 is 5.32 Å². The second kappa shape index (κ2) is 11.2. The molecule has 2 aromatic heterocycles. The van der Waals surface area contributed by atoms with Crippen molar-refractivity contribution in [2.45, 2.75) is 51.7 Å². The van der Waals surface area contributed by atoms with Crippen LogP contribution in [0.25, 0.3) is 22.0 Å². The number of likely N-dealkylation sites (tertiary alicyclic amines) is 2. The molecule has 1 amide bonds. The van der Waals surface area contributed by atoms with Gasteiger partial charge in [0.05, 0.1) is 11.6 Å². The van der Waals surface area contributed by atoms with Gasteiger partial charge in [0, 0.05) is 54.4 Å². The Morgan fingerprint density at radius 2 is 1.95 bits per heavy atom. The minimum absolute atomic E-state index is 0.204. The van der Waals surface area contributed by atoms with Gasteiger partial charge >= 0.3 is 0 Å². The van der Waals surface area contributed by atoms with E-state index in [4.69, 9.17) is 0 Å². The number of benzene rings is 1. The zero-order chi connectivity index (χ0) is 26.8. The fourth-order valence-corrected chi connectivity index (χ4v) is 5.63. The maximum absolute atomic E-state index is 13.4. The first-order valence-electron chi connectivity index (χ1n) is 14.1. The molecule has 0 bridgehead atoms. The number of nitrogens with zero attached hydrogens (tertiary/aromatic N) is 4. The van der Waals surface area contributed by atoms with Gasteiger partial charge in [-0.25, -0.2) is 0 Å². The third-order valence-electron chi connectivity index (χ3n) is 8.10. The number of allylic oxidation sites excluding steroid dienone is 4. The molecule has 0 spiro atoms. The van der Waals surface area contributed by atoms with Gasteiger partial charge in [0.2, 0.25) is 0 Å². The van der Waals surface area contributed by atoms with Gasteiger partial charge in [-0.15, -0.1) is 0 Å². The molecule has 3 aliphatic rings. The standard InChI is InChI=1S/C31H36N6O2/c1-2-22-4-6-25(7-9-29(22)37-14-10-26(38)11-15-37)33-31(39)30-27-17-23(5-8-28(27)34-35-30)24-16-21(18-32-19-24)20-36-12-3-13-36/h5-9,16-19,26,38H,2-4,10-15,20H2,1H3,(H,33,39)(H,34,35). The molecule has 4 heterocycles. The minimum atomic E-state index is -0.235. The number of amides is 1. The van der Waals surface area contributed by atoms with Gasteiger partial charge in [-0.3, -0.25) is 19.8 Å². The summed E-state index contributed by atoms with van der Waals surface area (Å²) in [6, 6.07) is 8.23. The van der Waals surface area contributed by atoms with Crippen molar-refractivity contribution in [3.63, 3.8) is 0 Å². The summed E-state index contributed by atoms with van der Waals surface area (Å²) in [7, 11) is 0. The van der Waals surface area contributed by atoms with E-state index in [9.17, 15) is 9.90 Å². The smallest absolute Gasteiger partial charge is 0.276 e. The number of H-pyrrole nitrogens is 1. The van der Waals surface area contributed by atoms with Crippen molar-refractivity contribution in [2.75, 3.05) is 26.2 Å². The Hall–Kier alpha value is -3.75. The number of piperidine rings is 1. The molecule has 39 heavy (non-hydrogen) atoms. The van der Waals surface area contributed by atoms with Crippen molar-refractivity contribution in [1.29, 1.82) is 0 Å². The summed E-state index contributed by atoms with van der Waals surface area (Å²) < 4.78 is 0. The molecule has 6 rings (SSSR count). The van der Waals surface area contributed by atoms with E-state index in [2.05, 4.69) is 55.4 Å². The number of aliphatic hydroxyl groups excluding tert-OH is 1. The average Bonchev–Trinajstić information content (AvgIpc) is 3.26. The molecule has 8 heteroatoms. The number of aliphatic hydroxyl groups is 1. The van der Waals surface area contributed by atoms with Gasteiger partial charge in [-0.1, -0.05) is 19.1 Å². The third-order valence-corrected chi connectivity index (χ3v) is 8.10. The summed E-state index contributed by atoms with van der Waals surface area (Å²) in [5.74, 6) is -0.235. The van der Waals surface area contributed by atoms with Crippen LogP contribution >= 0.6 is 0 Å². The third kappa shape index (κ3) is 5.53. The van der Waals surface area contributed by atoms with Crippen molar-refractivity contribution in [3.8, 4) is 11.1 Å². The van der Waals surface area contributed by atoms with Crippen molar-refractivity contribution in [3.05, 3.63) is 83.1 Å². The van der Waals surface area contributed by atoms with Gasteiger partial charge in [0.25, 0.3) is 5.91 Å². The quantitative estimate of drug-likeness (QED) is 0.420. The van der Waals surface area contributed by atoms with Crippen molar-refractivity contribution >= 4 is 16.8 Å². The fourth-order valence-electron chi connectivity index (χ4n) is 5.63. The summed E-state index contributed by atoms with van der Waals surface area (Å²) >= 11 is 0. The first-order valence-corrected chi connectivity index (χ1v) is 14.1. The molecule has 2 fully saturated rings. The van der Waals surface area contributed by atoms with Crippen LogP contribution in [0.5, 0.6) is 0 Å². The monoisotopic (exact) mass is 524 g/mol. The zero-order valence-corrected chi connectivity index (χ0v) is 22.5. The van der Waals surface area contributed by atoms with Crippen LogP contribution in [-0.4, -0.2) is 68.3 Å². The van der Waals surface area contributed by atoms with Crippen LogP contribution in [0.15, 0.2) is 71.9 Å². The fraction of sp³-hybridized carbons (Fsp3) is 0.387. The summed E-state index contributed by atoms with van der Waals surface area (Å²) in [5.41, 5.74) is 7.77. The number of carbonyl (C=O) groups is 1. The summed E-state index contributed by atoms with van der Waals surface area (Å²) in [6.45, 7) is 7.09. The lowest BCUT2D eigenvalue weighted by Crippen LogP contribution is -2.36. The van der Waals surface area contributed by atoms with Crippen LogP contribution in [0.4, 0.5) is 0 Å². The van der Waals surface area contributed by atoms with E-state index >= 15 is 0 Å². The summed E-state index contributed by atoms with van der Waals surface area (Å²) in [4.78, 5) is 22.6. The molecule has 3 N–H and O–H groups in total. The highest BCUT2D eigenvalue weighted by Crippen LogP contribution is 2.28. The minimum Gasteiger partial charge on any atom is -0.393 e. The lowest BCUT2D eigenvalue weighted by Gasteiger charge is -2.33. The van der Waals surface area contributed by atoms with Crippen molar-refractivity contribution in [1.82, 2.24) is 30.3 Å². The molecular formula is C31H36N6O2. The van der Waals surface area contributed by atoms with E-state index in [1.807, 2.05) is 36.7 Å². The predicted octanol–water partition coefficient (Wildman–Crippen LogP) is 4.53. The molecule has 202 valence electrons.